The molecule has 2 aliphatic rings. The van der Waals surface area contributed by atoms with Gasteiger partial charge in [0.15, 0.2) is 5.75 Å². The van der Waals surface area contributed by atoms with E-state index in [1.165, 1.54) is 5.69 Å². The van der Waals surface area contributed by atoms with Gasteiger partial charge >= 0.3 is 0 Å². The summed E-state index contributed by atoms with van der Waals surface area (Å²) in [6.07, 6.45) is 1.05. The van der Waals surface area contributed by atoms with Crippen molar-refractivity contribution in [2.75, 3.05) is 51.2 Å². The number of likely N-dealkylation sites (N-methyl/N-ethyl adjacent to an activating group) is 1. The lowest BCUT2D eigenvalue weighted by atomic mass is 10.1. The zero-order valence-electron chi connectivity index (χ0n) is 22.6. The second-order valence-electron chi connectivity index (χ2n) is 10.5. The minimum atomic E-state index is 0.0923. The first-order valence-corrected chi connectivity index (χ1v) is 13.4. The summed E-state index contributed by atoms with van der Waals surface area (Å²) in [6.45, 7) is 12.9. The normalized spacial score (nSPS) is 18.9. The number of aromatic nitrogens is 6. The Kier molecular flexibility index (Phi) is 6.67. The SMILES string of the molecule is Cc1nc2nc(C)c(OC3CCN(c4ccc(-c5ccc(CN6CCN(C)CC6)nn5)cc4)C3)c(C)n2n1. The highest BCUT2D eigenvalue weighted by molar-refractivity contribution is 5.63. The number of piperazine rings is 1. The van der Waals surface area contributed by atoms with Crippen molar-refractivity contribution in [3.05, 3.63) is 59.3 Å². The Morgan fingerprint density at radius 1 is 0.895 bits per heavy atom. The number of nitrogens with zero attached hydrogens (tertiary/aromatic N) is 9. The molecular formula is C28H35N9O. The molecule has 10 heteroatoms. The van der Waals surface area contributed by atoms with Crippen molar-refractivity contribution >= 4 is 11.5 Å². The highest BCUT2D eigenvalue weighted by atomic mass is 16.5. The summed E-state index contributed by atoms with van der Waals surface area (Å²) in [5.41, 5.74) is 5.98. The van der Waals surface area contributed by atoms with Crippen LogP contribution in [0.3, 0.4) is 0 Å². The van der Waals surface area contributed by atoms with E-state index >= 15 is 0 Å². The summed E-state index contributed by atoms with van der Waals surface area (Å²) < 4.78 is 8.22. The molecule has 6 rings (SSSR count). The number of aryl methyl sites for hydroxylation is 3. The van der Waals surface area contributed by atoms with E-state index in [9.17, 15) is 0 Å². The Morgan fingerprint density at radius 2 is 1.68 bits per heavy atom. The van der Waals surface area contributed by atoms with E-state index in [2.05, 4.69) is 83.4 Å². The van der Waals surface area contributed by atoms with Gasteiger partial charge in [-0.05, 0) is 52.1 Å². The molecule has 198 valence electrons. The van der Waals surface area contributed by atoms with Gasteiger partial charge in [-0.2, -0.15) is 19.7 Å². The van der Waals surface area contributed by atoms with Crippen molar-refractivity contribution in [1.29, 1.82) is 0 Å². The summed E-state index contributed by atoms with van der Waals surface area (Å²) in [5, 5.41) is 13.5. The predicted octanol–water partition coefficient (Wildman–Crippen LogP) is 2.91. The third kappa shape index (κ3) is 5.06. The van der Waals surface area contributed by atoms with Crippen LogP contribution in [-0.2, 0) is 6.54 Å². The van der Waals surface area contributed by atoms with Gasteiger partial charge in [0.05, 0.1) is 29.3 Å². The number of benzene rings is 1. The molecule has 2 saturated heterocycles. The summed E-state index contributed by atoms with van der Waals surface area (Å²) in [7, 11) is 2.18. The maximum absolute atomic E-state index is 6.45. The lowest BCUT2D eigenvalue weighted by molar-refractivity contribution is 0.146. The van der Waals surface area contributed by atoms with E-state index in [-0.39, 0.29) is 6.10 Å². The van der Waals surface area contributed by atoms with Crippen LogP contribution in [0, 0.1) is 20.8 Å². The molecule has 1 atom stereocenters. The van der Waals surface area contributed by atoms with Gasteiger partial charge in [0, 0.05) is 56.9 Å². The fourth-order valence-electron chi connectivity index (χ4n) is 5.33. The second kappa shape index (κ2) is 10.3. The highest BCUT2D eigenvalue weighted by Gasteiger charge is 2.26. The van der Waals surface area contributed by atoms with Gasteiger partial charge in [0.2, 0.25) is 0 Å². The molecule has 10 nitrogen and oxygen atoms in total. The van der Waals surface area contributed by atoms with Crippen molar-refractivity contribution in [2.45, 2.75) is 39.8 Å². The maximum Gasteiger partial charge on any atom is 0.253 e. The first-order valence-electron chi connectivity index (χ1n) is 13.4. The van der Waals surface area contributed by atoms with Crippen LogP contribution in [0.25, 0.3) is 17.0 Å². The number of anilines is 1. The van der Waals surface area contributed by atoms with Crippen LogP contribution in [0.15, 0.2) is 36.4 Å². The van der Waals surface area contributed by atoms with Gasteiger partial charge in [0.25, 0.3) is 5.78 Å². The van der Waals surface area contributed by atoms with Crippen molar-refractivity contribution in [1.82, 2.24) is 39.6 Å². The van der Waals surface area contributed by atoms with Crippen LogP contribution in [-0.4, -0.2) is 92.0 Å². The van der Waals surface area contributed by atoms with Crippen molar-refractivity contribution < 1.29 is 4.74 Å². The Morgan fingerprint density at radius 3 is 2.42 bits per heavy atom. The topological polar surface area (TPSA) is 87.8 Å². The second-order valence-corrected chi connectivity index (χ2v) is 10.5. The van der Waals surface area contributed by atoms with E-state index in [4.69, 9.17) is 4.74 Å². The largest absolute Gasteiger partial charge is 0.485 e. The molecule has 0 bridgehead atoms. The maximum atomic E-state index is 6.45. The molecule has 0 N–H and O–H groups in total. The first kappa shape index (κ1) is 24.7. The van der Waals surface area contributed by atoms with Crippen molar-refractivity contribution in [3.8, 4) is 17.0 Å². The Labute approximate surface area is 223 Å². The highest BCUT2D eigenvalue weighted by Crippen LogP contribution is 2.29. The number of rotatable bonds is 6. The van der Waals surface area contributed by atoms with Gasteiger partial charge in [-0.3, -0.25) is 4.90 Å². The Hall–Kier alpha value is -3.63. The third-order valence-corrected chi connectivity index (χ3v) is 7.60. The number of hydrogen-bond donors (Lipinski definition) is 0. The lowest BCUT2D eigenvalue weighted by Gasteiger charge is -2.31. The van der Waals surface area contributed by atoms with Crippen molar-refractivity contribution in [2.24, 2.45) is 0 Å². The average molecular weight is 514 g/mol. The quantitative estimate of drug-likeness (QED) is 0.386. The predicted molar refractivity (Wildman–Crippen MR) is 146 cm³/mol. The van der Waals surface area contributed by atoms with Crippen LogP contribution in [0.1, 0.15) is 29.3 Å². The monoisotopic (exact) mass is 513 g/mol. The molecule has 38 heavy (non-hydrogen) atoms. The van der Waals surface area contributed by atoms with E-state index in [1.807, 2.05) is 20.8 Å². The standard InChI is InChI=1S/C28H35N9O/c1-19-27(20(2)37-28(29-19)30-21(3)33-37)38-25-11-12-36(18-25)24-8-5-22(6-9-24)26-10-7-23(31-32-26)17-35-15-13-34(4)14-16-35/h5-10,25H,11-18H2,1-4H3. The van der Waals surface area contributed by atoms with E-state index in [1.54, 1.807) is 4.52 Å². The van der Waals surface area contributed by atoms with Gasteiger partial charge in [0.1, 0.15) is 11.9 Å². The molecule has 1 aromatic carbocycles. The fraction of sp³-hybridized carbons (Fsp3) is 0.464. The molecule has 0 spiro atoms. The van der Waals surface area contributed by atoms with E-state index < -0.39 is 0 Å². The van der Waals surface area contributed by atoms with E-state index in [0.717, 1.165) is 86.3 Å². The molecule has 3 aromatic heterocycles. The molecule has 4 aromatic rings. The minimum absolute atomic E-state index is 0.0923. The van der Waals surface area contributed by atoms with Crippen LogP contribution < -0.4 is 9.64 Å². The molecule has 2 aliphatic heterocycles. The summed E-state index contributed by atoms with van der Waals surface area (Å²) in [5.74, 6) is 2.13. The van der Waals surface area contributed by atoms with E-state index in [0.29, 0.717) is 11.6 Å². The zero-order valence-corrected chi connectivity index (χ0v) is 22.6. The third-order valence-electron chi connectivity index (χ3n) is 7.60. The minimum Gasteiger partial charge on any atom is -0.485 e. The lowest BCUT2D eigenvalue weighted by Crippen LogP contribution is -2.44. The molecule has 0 amide bonds. The molecule has 2 fully saturated rings. The van der Waals surface area contributed by atoms with Crippen molar-refractivity contribution in [3.63, 3.8) is 0 Å². The molecule has 0 radical (unpaired) electrons. The van der Waals surface area contributed by atoms with Gasteiger partial charge in [-0.1, -0.05) is 12.1 Å². The average Bonchev–Trinajstić information content (AvgIpc) is 3.55. The van der Waals surface area contributed by atoms with Gasteiger partial charge in [-0.25, -0.2) is 4.98 Å². The first-order chi connectivity index (χ1) is 18.4. The summed E-state index contributed by atoms with van der Waals surface area (Å²) in [6, 6.07) is 12.8. The molecule has 5 heterocycles. The van der Waals surface area contributed by atoms with Crippen LogP contribution in [0.2, 0.25) is 0 Å². The molecule has 0 saturated carbocycles. The van der Waals surface area contributed by atoms with Crippen LogP contribution in [0.4, 0.5) is 5.69 Å². The molecule has 0 aliphatic carbocycles. The smallest absolute Gasteiger partial charge is 0.253 e. The number of hydrogen-bond acceptors (Lipinski definition) is 9. The molecule has 1 unspecified atom stereocenters. The fourth-order valence-corrected chi connectivity index (χ4v) is 5.33. The number of ether oxygens (including phenoxy) is 1. The number of fused-ring (bicyclic) bond motifs is 1. The summed E-state index contributed by atoms with van der Waals surface area (Å²) in [4.78, 5) is 16.2. The van der Waals surface area contributed by atoms with Gasteiger partial charge in [-0.15, -0.1) is 5.10 Å². The van der Waals surface area contributed by atoms with Crippen LogP contribution in [0.5, 0.6) is 5.75 Å². The Balaban J connectivity index is 1.08. The Bertz CT molecular complexity index is 1410. The van der Waals surface area contributed by atoms with Gasteiger partial charge < -0.3 is 14.5 Å². The molecular weight excluding hydrogens is 478 g/mol. The zero-order chi connectivity index (χ0) is 26.2. The summed E-state index contributed by atoms with van der Waals surface area (Å²) >= 11 is 0. The van der Waals surface area contributed by atoms with Crippen LogP contribution >= 0.6 is 0 Å².